The zero-order chi connectivity index (χ0) is 18.0. The lowest BCUT2D eigenvalue weighted by atomic mass is 10.1. The average molecular weight is 363 g/mol. The Morgan fingerprint density at radius 3 is 2.52 bits per heavy atom. The van der Waals surface area contributed by atoms with Crippen molar-refractivity contribution in [3.8, 4) is 17.2 Å². The van der Waals surface area contributed by atoms with Crippen LogP contribution in [-0.2, 0) is 10.0 Å². The highest BCUT2D eigenvalue weighted by atomic mass is 32.2. The van der Waals surface area contributed by atoms with Gasteiger partial charge < -0.3 is 14.2 Å². The zero-order valence-electron chi connectivity index (χ0n) is 14.4. The van der Waals surface area contributed by atoms with E-state index in [1.165, 1.54) is 12.1 Å². The molecule has 6 nitrogen and oxygen atoms in total. The van der Waals surface area contributed by atoms with Crippen molar-refractivity contribution in [2.75, 3.05) is 20.3 Å². The molecule has 134 valence electrons. The highest BCUT2D eigenvalue weighted by Crippen LogP contribution is 2.33. The fraction of sp³-hybridized carbons (Fsp3) is 0.333. The van der Waals surface area contributed by atoms with Gasteiger partial charge in [-0.2, -0.15) is 0 Å². The molecule has 1 N–H and O–H groups in total. The van der Waals surface area contributed by atoms with E-state index in [1.54, 1.807) is 20.1 Å². The van der Waals surface area contributed by atoms with Crippen molar-refractivity contribution in [2.24, 2.45) is 0 Å². The van der Waals surface area contributed by atoms with Crippen LogP contribution in [0.2, 0.25) is 0 Å². The molecule has 0 aromatic heterocycles. The van der Waals surface area contributed by atoms with Crippen molar-refractivity contribution in [1.29, 1.82) is 0 Å². The van der Waals surface area contributed by atoms with Crippen molar-refractivity contribution in [2.45, 2.75) is 24.8 Å². The van der Waals surface area contributed by atoms with Gasteiger partial charge in [0.25, 0.3) is 0 Å². The fourth-order valence-electron chi connectivity index (χ4n) is 2.75. The van der Waals surface area contributed by atoms with Crippen molar-refractivity contribution in [1.82, 2.24) is 4.72 Å². The summed E-state index contributed by atoms with van der Waals surface area (Å²) in [5.41, 5.74) is 1.81. The summed E-state index contributed by atoms with van der Waals surface area (Å²) >= 11 is 0. The summed E-state index contributed by atoms with van der Waals surface area (Å²) < 4.78 is 44.4. The number of nitrogens with one attached hydrogen (secondary N) is 1. The number of rotatable bonds is 5. The molecule has 0 radical (unpaired) electrons. The minimum atomic E-state index is -3.72. The summed E-state index contributed by atoms with van der Waals surface area (Å²) in [6.45, 7) is 4.60. The van der Waals surface area contributed by atoms with Crippen molar-refractivity contribution in [3.63, 3.8) is 0 Å². The predicted molar refractivity (Wildman–Crippen MR) is 93.9 cm³/mol. The summed E-state index contributed by atoms with van der Waals surface area (Å²) in [7, 11) is -2.15. The number of hydrogen-bond donors (Lipinski definition) is 1. The van der Waals surface area contributed by atoms with Crippen LogP contribution in [0, 0.1) is 6.92 Å². The maximum atomic E-state index is 12.7. The standard InChI is InChI=1S/C18H21NO5S/c1-12-4-6-16(22-3)15(10-12)13(2)19-25(20,21)14-5-7-17-18(11-14)24-9-8-23-17/h4-7,10-11,13,19H,8-9H2,1-3H3/t13-/m1/s1. The molecule has 0 unspecified atom stereocenters. The topological polar surface area (TPSA) is 73.9 Å². The third kappa shape index (κ3) is 3.72. The summed E-state index contributed by atoms with van der Waals surface area (Å²) in [5, 5.41) is 0. The fourth-order valence-corrected chi connectivity index (χ4v) is 3.99. The van der Waals surface area contributed by atoms with Crippen LogP contribution in [0.4, 0.5) is 0 Å². The van der Waals surface area contributed by atoms with E-state index >= 15 is 0 Å². The molecular weight excluding hydrogens is 342 g/mol. The largest absolute Gasteiger partial charge is 0.496 e. The van der Waals surface area contributed by atoms with Crippen LogP contribution in [0.25, 0.3) is 0 Å². The predicted octanol–water partition coefficient (Wildman–Crippen LogP) is 2.81. The van der Waals surface area contributed by atoms with Gasteiger partial charge in [-0.1, -0.05) is 17.7 Å². The van der Waals surface area contributed by atoms with Crippen LogP contribution >= 0.6 is 0 Å². The molecule has 0 bridgehead atoms. The maximum Gasteiger partial charge on any atom is 0.241 e. The first kappa shape index (κ1) is 17.6. The van der Waals surface area contributed by atoms with Crippen LogP contribution < -0.4 is 18.9 Å². The molecule has 0 saturated heterocycles. The second kappa shape index (κ2) is 6.93. The smallest absolute Gasteiger partial charge is 0.241 e. The lowest BCUT2D eigenvalue weighted by molar-refractivity contribution is 0.171. The Bertz CT molecular complexity index is 879. The molecule has 0 aliphatic carbocycles. The first-order valence-corrected chi connectivity index (χ1v) is 9.45. The molecule has 0 fully saturated rings. The Morgan fingerprint density at radius 1 is 1.08 bits per heavy atom. The average Bonchev–Trinajstić information content (AvgIpc) is 2.60. The van der Waals surface area contributed by atoms with Gasteiger partial charge in [0.15, 0.2) is 11.5 Å². The number of ether oxygens (including phenoxy) is 3. The molecule has 0 amide bonds. The molecule has 3 rings (SSSR count). The van der Waals surface area contributed by atoms with Gasteiger partial charge in [0, 0.05) is 17.7 Å². The molecule has 2 aromatic rings. The van der Waals surface area contributed by atoms with Crippen LogP contribution in [-0.4, -0.2) is 28.7 Å². The first-order chi connectivity index (χ1) is 11.9. The van der Waals surface area contributed by atoms with Gasteiger partial charge in [-0.05, 0) is 32.0 Å². The molecule has 7 heteroatoms. The number of fused-ring (bicyclic) bond motifs is 1. The number of sulfonamides is 1. The highest BCUT2D eigenvalue weighted by Gasteiger charge is 2.23. The SMILES string of the molecule is COc1ccc(C)cc1[C@@H](C)NS(=O)(=O)c1ccc2c(c1)OCCO2. The maximum absolute atomic E-state index is 12.7. The quantitative estimate of drug-likeness (QED) is 0.884. The molecule has 0 saturated carbocycles. The minimum absolute atomic E-state index is 0.134. The lowest BCUT2D eigenvalue weighted by Gasteiger charge is -2.20. The van der Waals surface area contributed by atoms with Crippen LogP contribution in [0.15, 0.2) is 41.3 Å². The molecule has 1 heterocycles. The Morgan fingerprint density at radius 2 is 1.80 bits per heavy atom. The normalized spacial score (nSPS) is 14.8. The number of methoxy groups -OCH3 is 1. The van der Waals surface area contributed by atoms with Gasteiger partial charge in [-0.15, -0.1) is 0 Å². The summed E-state index contributed by atoms with van der Waals surface area (Å²) in [4.78, 5) is 0.134. The monoisotopic (exact) mass is 363 g/mol. The zero-order valence-corrected chi connectivity index (χ0v) is 15.2. The van der Waals surface area contributed by atoms with Gasteiger partial charge in [-0.3, -0.25) is 0 Å². The van der Waals surface area contributed by atoms with Crippen LogP contribution in [0.1, 0.15) is 24.1 Å². The Hall–Kier alpha value is -2.25. The molecular formula is C18H21NO5S. The minimum Gasteiger partial charge on any atom is -0.496 e. The van der Waals surface area contributed by atoms with Crippen LogP contribution in [0.5, 0.6) is 17.2 Å². The van der Waals surface area contributed by atoms with E-state index in [4.69, 9.17) is 14.2 Å². The molecule has 2 aromatic carbocycles. The van der Waals surface area contributed by atoms with E-state index < -0.39 is 16.1 Å². The summed E-state index contributed by atoms with van der Waals surface area (Å²) in [5.74, 6) is 1.64. The van der Waals surface area contributed by atoms with Crippen molar-refractivity contribution >= 4 is 10.0 Å². The highest BCUT2D eigenvalue weighted by molar-refractivity contribution is 7.89. The van der Waals surface area contributed by atoms with E-state index in [9.17, 15) is 8.42 Å². The Kier molecular flexibility index (Phi) is 4.87. The van der Waals surface area contributed by atoms with Crippen molar-refractivity contribution in [3.05, 3.63) is 47.5 Å². The second-order valence-electron chi connectivity index (χ2n) is 5.89. The van der Waals surface area contributed by atoms with Gasteiger partial charge in [0.1, 0.15) is 19.0 Å². The molecule has 25 heavy (non-hydrogen) atoms. The van der Waals surface area contributed by atoms with E-state index in [0.29, 0.717) is 30.5 Å². The Balaban J connectivity index is 1.87. The van der Waals surface area contributed by atoms with Crippen LogP contribution in [0.3, 0.4) is 0 Å². The second-order valence-corrected chi connectivity index (χ2v) is 7.61. The van der Waals surface area contributed by atoms with E-state index in [0.717, 1.165) is 11.1 Å². The third-order valence-corrected chi connectivity index (χ3v) is 5.55. The number of aryl methyl sites for hydroxylation is 1. The molecule has 1 aliphatic heterocycles. The Labute approximate surface area is 147 Å². The first-order valence-electron chi connectivity index (χ1n) is 7.97. The molecule has 1 atom stereocenters. The lowest BCUT2D eigenvalue weighted by Crippen LogP contribution is -2.27. The summed E-state index contributed by atoms with van der Waals surface area (Å²) in [6.07, 6.45) is 0. The van der Waals surface area contributed by atoms with E-state index in [-0.39, 0.29) is 4.90 Å². The molecule has 1 aliphatic rings. The van der Waals surface area contributed by atoms with Gasteiger partial charge >= 0.3 is 0 Å². The van der Waals surface area contributed by atoms with E-state index in [1.807, 2.05) is 25.1 Å². The number of benzene rings is 2. The van der Waals surface area contributed by atoms with Gasteiger partial charge in [0.05, 0.1) is 12.0 Å². The number of hydrogen-bond acceptors (Lipinski definition) is 5. The van der Waals surface area contributed by atoms with Gasteiger partial charge in [0.2, 0.25) is 10.0 Å². The molecule has 0 spiro atoms. The van der Waals surface area contributed by atoms with Crippen molar-refractivity contribution < 1.29 is 22.6 Å². The van der Waals surface area contributed by atoms with E-state index in [2.05, 4.69) is 4.72 Å². The summed E-state index contributed by atoms with van der Waals surface area (Å²) in [6, 6.07) is 9.82. The van der Waals surface area contributed by atoms with Gasteiger partial charge in [-0.25, -0.2) is 13.1 Å². The third-order valence-electron chi connectivity index (χ3n) is 4.01.